The molecule has 4 nitrogen and oxygen atoms in total. The van der Waals surface area contributed by atoms with E-state index < -0.39 is 0 Å². The van der Waals surface area contributed by atoms with Crippen LogP contribution in [-0.4, -0.2) is 25.0 Å². The number of benzene rings is 1. The van der Waals surface area contributed by atoms with Crippen LogP contribution < -0.4 is 5.32 Å². The van der Waals surface area contributed by atoms with Crippen LogP contribution in [0, 0.1) is 5.92 Å². The maximum Gasteiger partial charge on any atom is 0.305 e. The van der Waals surface area contributed by atoms with Crippen LogP contribution >= 0.6 is 0 Å². The maximum absolute atomic E-state index is 11.8. The molecule has 22 heavy (non-hydrogen) atoms. The van der Waals surface area contributed by atoms with Crippen LogP contribution in [0.15, 0.2) is 42.5 Å². The average Bonchev–Trinajstić information content (AvgIpc) is 2.58. The zero-order chi connectivity index (χ0) is 15.6. The lowest BCUT2D eigenvalue weighted by Gasteiger charge is -2.17. The lowest BCUT2D eigenvalue weighted by molar-refractivity contribution is -0.145. The van der Waals surface area contributed by atoms with Crippen molar-refractivity contribution < 1.29 is 14.3 Å². The highest BCUT2D eigenvalue weighted by atomic mass is 16.5. The van der Waals surface area contributed by atoms with E-state index in [1.165, 1.54) is 0 Å². The monoisotopic (exact) mass is 301 g/mol. The van der Waals surface area contributed by atoms with Gasteiger partial charge >= 0.3 is 5.97 Å². The molecule has 1 aliphatic carbocycles. The van der Waals surface area contributed by atoms with Gasteiger partial charge in [-0.2, -0.15) is 0 Å². The first-order valence-corrected chi connectivity index (χ1v) is 7.89. The number of carbonyl (C=O) groups excluding carboxylic acids is 2. The Balaban J connectivity index is 1.55. The van der Waals surface area contributed by atoms with Gasteiger partial charge in [0, 0.05) is 18.5 Å². The molecular formula is C18H23NO3. The van der Waals surface area contributed by atoms with E-state index in [2.05, 4.69) is 17.5 Å². The summed E-state index contributed by atoms with van der Waals surface area (Å²) in [5, 5.41) is 2.80. The summed E-state index contributed by atoms with van der Waals surface area (Å²) < 4.78 is 5.29. The zero-order valence-electron chi connectivity index (χ0n) is 12.8. The van der Waals surface area contributed by atoms with Crippen LogP contribution in [0.25, 0.3) is 0 Å². The Labute approximate surface area is 131 Å². The minimum atomic E-state index is -0.177. The second-order valence-electron chi connectivity index (χ2n) is 5.56. The van der Waals surface area contributed by atoms with Gasteiger partial charge in [0.2, 0.25) is 0 Å². The number of hydrogen-bond acceptors (Lipinski definition) is 3. The highest BCUT2D eigenvalue weighted by Crippen LogP contribution is 2.18. The molecule has 1 N–H and O–H groups in total. The molecule has 0 fully saturated rings. The van der Waals surface area contributed by atoms with Gasteiger partial charge in [0.05, 0.1) is 6.61 Å². The van der Waals surface area contributed by atoms with Crippen molar-refractivity contribution >= 4 is 11.9 Å². The number of amides is 1. The lowest BCUT2D eigenvalue weighted by atomic mass is 9.95. The van der Waals surface area contributed by atoms with Crippen LogP contribution in [0.1, 0.15) is 42.5 Å². The fraction of sp³-hybridized carbons (Fsp3) is 0.444. The summed E-state index contributed by atoms with van der Waals surface area (Å²) >= 11 is 0. The first-order chi connectivity index (χ1) is 10.8. The van der Waals surface area contributed by atoms with Crippen molar-refractivity contribution in [2.24, 2.45) is 5.92 Å². The quantitative estimate of drug-likeness (QED) is 0.478. The molecule has 0 spiro atoms. The van der Waals surface area contributed by atoms with E-state index in [4.69, 9.17) is 4.74 Å². The smallest absolute Gasteiger partial charge is 0.305 e. The van der Waals surface area contributed by atoms with E-state index in [9.17, 15) is 9.59 Å². The molecule has 1 unspecified atom stereocenters. The minimum Gasteiger partial charge on any atom is -0.465 e. The number of rotatable bonds is 7. The number of allylic oxidation sites excluding steroid dienone is 2. The van der Waals surface area contributed by atoms with Gasteiger partial charge in [0.25, 0.3) is 5.91 Å². The van der Waals surface area contributed by atoms with Crippen LogP contribution in [0.5, 0.6) is 0 Å². The number of hydrogen-bond donors (Lipinski definition) is 1. The van der Waals surface area contributed by atoms with Gasteiger partial charge < -0.3 is 10.1 Å². The Hall–Kier alpha value is -2.10. The van der Waals surface area contributed by atoms with E-state index in [0.717, 1.165) is 19.3 Å². The third kappa shape index (κ3) is 5.72. The van der Waals surface area contributed by atoms with Crippen molar-refractivity contribution in [3.63, 3.8) is 0 Å². The Kier molecular flexibility index (Phi) is 6.68. The average molecular weight is 301 g/mol. The second kappa shape index (κ2) is 9.03. The summed E-state index contributed by atoms with van der Waals surface area (Å²) in [6.45, 7) is 0.995. The van der Waals surface area contributed by atoms with Crippen LogP contribution in [0.4, 0.5) is 0 Å². The highest BCUT2D eigenvalue weighted by Gasteiger charge is 2.12. The third-order valence-electron chi connectivity index (χ3n) is 3.74. The number of esters is 1. The van der Waals surface area contributed by atoms with Crippen molar-refractivity contribution in [2.75, 3.05) is 13.2 Å². The molecule has 4 heteroatoms. The van der Waals surface area contributed by atoms with Gasteiger partial charge in [0.1, 0.15) is 0 Å². The second-order valence-corrected chi connectivity index (χ2v) is 5.56. The molecule has 1 aliphatic rings. The van der Waals surface area contributed by atoms with E-state index in [1.54, 1.807) is 12.1 Å². The molecule has 0 aliphatic heterocycles. The largest absolute Gasteiger partial charge is 0.465 e. The van der Waals surface area contributed by atoms with Gasteiger partial charge in [-0.05, 0) is 43.7 Å². The first kappa shape index (κ1) is 16.3. The molecule has 0 aromatic heterocycles. The van der Waals surface area contributed by atoms with E-state index in [0.29, 0.717) is 37.5 Å². The SMILES string of the molecule is O=C(CCCNC(=O)c1ccccc1)OCC1CC=CCC1. The fourth-order valence-electron chi connectivity index (χ4n) is 2.42. The summed E-state index contributed by atoms with van der Waals surface area (Å²) in [6.07, 6.45) is 8.44. The molecule has 0 saturated heterocycles. The van der Waals surface area contributed by atoms with Crippen molar-refractivity contribution in [3.05, 3.63) is 48.0 Å². The van der Waals surface area contributed by atoms with Crippen molar-refractivity contribution in [1.29, 1.82) is 0 Å². The Bertz CT molecular complexity index is 510. The molecule has 0 bridgehead atoms. The van der Waals surface area contributed by atoms with E-state index >= 15 is 0 Å². The molecule has 1 aromatic rings. The van der Waals surface area contributed by atoms with E-state index in [-0.39, 0.29) is 11.9 Å². The first-order valence-electron chi connectivity index (χ1n) is 7.89. The fourth-order valence-corrected chi connectivity index (χ4v) is 2.42. The normalized spacial score (nSPS) is 17.0. The van der Waals surface area contributed by atoms with Crippen LogP contribution in [0.3, 0.4) is 0 Å². The molecule has 0 radical (unpaired) electrons. The predicted molar refractivity (Wildman–Crippen MR) is 85.4 cm³/mol. The Morgan fingerprint density at radius 3 is 2.73 bits per heavy atom. The molecule has 1 atom stereocenters. The van der Waals surface area contributed by atoms with Gasteiger partial charge in [0.15, 0.2) is 0 Å². The van der Waals surface area contributed by atoms with Crippen LogP contribution in [0.2, 0.25) is 0 Å². The zero-order valence-corrected chi connectivity index (χ0v) is 12.8. The summed E-state index contributed by atoms with van der Waals surface area (Å²) in [6, 6.07) is 9.05. The van der Waals surface area contributed by atoms with Crippen molar-refractivity contribution in [1.82, 2.24) is 5.32 Å². The standard InChI is InChI=1S/C18H23NO3/c20-17(22-14-15-8-3-1-4-9-15)12-7-13-19-18(21)16-10-5-2-6-11-16/h1-3,5-6,10-11,15H,4,7-9,12-14H2,(H,19,21). The number of carbonyl (C=O) groups is 2. The van der Waals surface area contributed by atoms with Gasteiger partial charge in [-0.1, -0.05) is 30.4 Å². The molecular weight excluding hydrogens is 278 g/mol. The Morgan fingerprint density at radius 1 is 1.18 bits per heavy atom. The lowest BCUT2D eigenvalue weighted by Crippen LogP contribution is -2.25. The highest BCUT2D eigenvalue weighted by molar-refractivity contribution is 5.94. The number of nitrogens with one attached hydrogen (secondary N) is 1. The molecule has 1 aromatic carbocycles. The van der Waals surface area contributed by atoms with Crippen molar-refractivity contribution in [3.8, 4) is 0 Å². The topological polar surface area (TPSA) is 55.4 Å². The third-order valence-corrected chi connectivity index (χ3v) is 3.74. The van der Waals surface area contributed by atoms with Gasteiger partial charge in [-0.3, -0.25) is 9.59 Å². The molecule has 1 amide bonds. The maximum atomic E-state index is 11.8. The minimum absolute atomic E-state index is 0.108. The molecule has 2 rings (SSSR count). The van der Waals surface area contributed by atoms with Gasteiger partial charge in [-0.15, -0.1) is 0 Å². The predicted octanol–water partition coefficient (Wildman–Crippen LogP) is 3.10. The van der Waals surface area contributed by atoms with E-state index in [1.807, 2.05) is 18.2 Å². The molecule has 0 saturated carbocycles. The molecule has 0 heterocycles. The number of ether oxygens (including phenoxy) is 1. The Morgan fingerprint density at radius 2 is 2.00 bits per heavy atom. The summed E-state index contributed by atoms with van der Waals surface area (Å²) in [5.41, 5.74) is 0.635. The van der Waals surface area contributed by atoms with Gasteiger partial charge in [-0.25, -0.2) is 0 Å². The summed E-state index contributed by atoms with van der Waals surface area (Å²) in [7, 11) is 0. The summed E-state index contributed by atoms with van der Waals surface area (Å²) in [5.74, 6) is 0.179. The molecule has 118 valence electrons. The van der Waals surface area contributed by atoms with Crippen LogP contribution in [-0.2, 0) is 9.53 Å². The summed E-state index contributed by atoms with van der Waals surface area (Å²) in [4.78, 5) is 23.4. The van der Waals surface area contributed by atoms with Crippen molar-refractivity contribution in [2.45, 2.75) is 32.1 Å².